The number of benzene rings is 1. The van der Waals surface area contributed by atoms with Gasteiger partial charge in [-0.3, -0.25) is 0 Å². The minimum atomic E-state index is -3.55. The largest absolute Gasteiger partial charge is 0.244 e. The van der Waals surface area contributed by atoms with Gasteiger partial charge < -0.3 is 0 Å². The standard InChI is InChI=1S/C21H27NO2S/c1-5-6-7-14-22(16-20-11-10-18(3)19(4)15-20)25(23,24)21-12-8-17(2)9-13-21/h8-9,11-13H,5,10,14-16H2,1-4H3. The van der Waals surface area contributed by atoms with Gasteiger partial charge in [-0.25, -0.2) is 8.42 Å². The molecular weight excluding hydrogens is 330 g/mol. The summed E-state index contributed by atoms with van der Waals surface area (Å²) in [6.45, 7) is 8.80. The molecule has 1 aliphatic rings. The number of aryl methyl sites for hydroxylation is 1. The molecular formula is C21H27NO2S. The maximum absolute atomic E-state index is 13.1. The molecule has 0 saturated heterocycles. The van der Waals surface area contributed by atoms with Crippen molar-refractivity contribution in [1.82, 2.24) is 4.31 Å². The average molecular weight is 358 g/mol. The van der Waals surface area contributed by atoms with Crippen molar-refractivity contribution in [2.45, 2.75) is 51.9 Å². The summed E-state index contributed by atoms with van der Waals surface area (Å²) in [7, 11) is -3.55. The van der Waals surface area contributed by atoms with E-state index in [2.05, 4.69) is 31.8 Å². The Hall–Kier alpha value is -1.83. The molecule has 0 N–H and O–H groups in total. The van der Waals surface area contributed by atoms with Crippen molar-refractivity contribution < 1.29 is 8.42 Å². The van der Waals surface area contributed by atoms with Crippen molar-refractivity contribution in [3.63, 3.8) is 0 Å². The predicted octanol–water partition coefficient (Wildman–Crippen LogP) is 4.46. The fourth-order valence-electron chi connectivity index (χ4n) is 2.74. The molecule has 134 valence electrons. The molecule has 0 bridgehead atoms. The zero-order valence-corrected chi connectivity index (χ0v) is 16.4. The van der Waals surface area contributed by atoms with Gasteiger partial charge in [-0.1, -0.05) is 53.3 Å². The molecule has 0 unspecified atom stereocenters. The van der Waals surface area contributed by atoms with Crippen LogP contribution in [0.2, 0.25) is 0 Å². The molecule has 0 aromatic heterocycles. The molecule has 0 aliphatic heterocycles. The minimum Gasteiger partial charge on any atom is -0.207 e. The second-order valence-corrected chi connectivity index (χ2v) is 8.54. The highest BCUT2D eigenvalue weighted by atomic mass is 32.2. The zero-order chi connectivity index (χ0) is 18.4. The third-order valence-electron chi connectivity index (χ3n) is 4.51. The molecule has 1 aromatic carbocycles. The summed E-state index contributed by atoms with van der Waals surface area (Å²) in [6.07, 6.45) is 4.63. The monoisotopic (exact) mass is 357 g/mol. The average Bonchev–Trinajstić information content (AvgIpc) is 2.57. The number of allylic oxidation sites excluding steroid dienone is 3. The number of sulfonamides is 1. The van der Waals surface area contributed by atoms with Gasteiger partial charge in [-0.2, -0.15) is 4.31 Å². The van der Waals surface area contributed by atoms with Crippen LogP contribution in [0.15, 0.2) is 52.0 Å². The highest BCUT2D eigenvalue weighted by Crippen LogP contribution is 2.26. The third-order valence-corrected chi connectivity index (χ3v) is 6.32. The van der Waals surface area contributed by atoms with Crippen molar-refractivity contribution in [1.29, 1.82) is 0 Å². The Kier molecular flexibility index (Phi) is 6.64. The van der Waals surface area contributed by atoms with Crippen LogP contribution in [0, 0.1) is 18.8 Å². The van der Waals surface area contributed by atoms with Gasteiger partial charge in [0.1, 0.15) is 0 Å². The zero-order valence-electron chi connectivity index (χ0n) is 15.6. The van der Waals surface area contributed by atoms with E-state index in [0.717, 1.165) is 30.4 Å². The Bertz CT molecular complexity index is 834. The summed E-state index contributed by atoms with van der Waals surface area (Å²) in [4.78, 5) is 0.330. The van der Waals surface area contributed by atoms with Crippen LogP contribution in [0.5, 0.6) is 0 Å². The Morgan fingerprint density at radius 2 is 1.72 bits per heavy atom. The van der Waals surface area contributed by atoms with Gasteiger partial charge >= 0.3 is 0 Å². The lowest BCUT2D eigenvalue weighted by atomic mass is 9.93. The minimum absolute atomic E-state index is 0.225. The Balaban J connectivity index is 2.27. The van der Waals surface area contributed by atoms with Gasteiger partial charge in [0.15, 0.2) is 0 Å². The number of nitrogens with zero attached hydrogens (tertiary/aromatic N) is 1. The number of rotatable bonds is 5. The second-order valence-electron chi connectivity index (χ2n) is 6.60. The van der Waals surface area contributed by atoms with Crippen molar-refractivity contribution in [2.24, 2.45) is 0 Å². The maximum Gasteiger partial charge on any atom is 0.244 e. The first-order chi connectivity index (χ1) is 11.8. The predicted molar refractivity (Wildman–Crippen MR) is 104 cm³/mol. The Morgan fingerprint density at radius 1 is 1.04 bits per heavy atom. The van der Waals surface area contributed by atoms with Crippen LogP contribution < -0.4 is 0 Å². The molecule has 25 heavy (non-hydrogen) atoms. The van der Waals surface area contributed by atoms with Gasteiger partial charge in [0.2, 0.25) is 10.0 Å². The SMILES string of the molecule is CCC#CCN(CC1=CCC(C)=C(C)C1)S(=O)(=O)c1ccc(C)cc1. The molecule has 0 heterocycles. The lowest BCUT2D eigenvalue weighted by molar-refractivity contribution is 0.467. The van der Waals surface area contributed by atoms with Crippen LogP contribution in [0.3, 0.4) is 0 Å². The van der Waals surface area contributed by atoms with Gasteiger partial charge in [-0.15, -0.1) is 5.92 Å². The summed E-state index contributed by atoms with van der Waals surface area (Å²) in [5, 5.41) is 0. The molecule has 4 heteroatoms. The van der Waals surface area contributed by atoms with Crippen molar-refractivity contribution >= 4 is 10.0 Å². The fourth-order valence-corrected chi connectivity index (χ4v) is 4.08. The Labute approximate surface area is 152 Å². The van der Waals surface area contributed by atoms with Crippen molar-refractivity contribution in [3.8, 4) is 11.8 Å². The van der Waals surface area contributed by atoms with Crippen LogP contribution in [0.25, 0.3) is 0 Å². The lowest BCUT2D eigenvalue weighted by Crippen LogP contribution is -2.33. The first-order valence-electron chi connectivity index (χ1n) is 8.70. The van der Waals surface area contributed by atoms with Crippen LogP contribution in [-0.2, 0) is 10.0 Å². The molecule has 0 amide bonds. The normalized spacial score (nSPS) is 15.0. The van der Waals surface area contributed by atoms with E-state index in [1.807, 2.05) is 26.0 Å². The van der Waals surface area contributed by atoms with Crippen molar-refractivity contribution in [2.75, 3.05) is 13.1 Å². The van der Waals surface area contributed by atoms with E-state index in [1.165, 1.54) is 15.5 Å². The van der Waals surface area contributed by atoms with Crippen LogP contribution in [0.1, 0.15) is 45.6 Å². The third kappa shape index (κ3) is 5.07. The molecule has 0 saturated carbocycles. The van der Waals surface area contributed by atoms with Gasteiger partial charge in [-0.05, 0) is 45.7 Å². The van der Waals surface area contributed by atoms with Crippen LogP contribution in [0.4, 0.5) is 0 Å². The molecule has 1 aliphatic carbocycles. The van der Waals surface area contributed by atoms with E-state index >= 15 is 0 Å². The second kappa shape index (κ2) is 8.51. The molecule has 3 nitrogen and oxygen atoms in total. The summed E-state index contributed by atoms with van der Waals surface area (Å²) in [6, 6.07) is 7.02. The van der Waals surface area contributed by atoms with E-state index in [9.17, 15) is 8.42 Å². The first-order valence-corrected chi connectivity index (χ1v) is 10.1. The van der Waals surface area contributed by atoms with Gasteiger partial charge in [0.05, 0.1) is 11.4 Å². The summed E-state index contributed by atoms with van der Waals surface area (Å²) in [5.41, 5.74) is 4.91. The highest BCUT2D eigenvalue weighted by molar-refractivity contribution is 7.89. The smallest absolute Gasteiger partial charge is 0.207 e. The molecule has 1 aromatic rings. The molecule has 0 atom stereocenters. The quantitative estimate of drug-likeness (QED) is 0.576. The Morgan fingerprint density at radius 3 is 2.32 bits per heavy atom. The van der Waals surface area contributed by atoms with Gasteiger partial charge in [0, 0.05) is 13.0 Å². The lowest BCUT2D eigenvalue weighted by Gasteiger charge is -2.24. The topological polar surface area (TPSA) is 37.4 Å². The van der Waals surface area contributed by atoms with E-state index in [0.29, 0.717) is 11.4 Å². The summed E-state index contributed by atoms with van der Waals surface area (Å²) >= 11 is 0. The summed E-state index contributed by atoms with van der Waals surface area (Å²) in [5.74, 6) is 5.97. The number of hydrogen-bond donors (Lipinski definition) is 0. The highest BCUT2D eigenvalue weighted by Gasteiger charge is 2.25. The van der Waals surface area contributed by atoms with Gasteiger partial charge in [0.25, 0.3) is 0 Å². The maximum atomic E-state index is 13.1. The van der Waals surface area contributed by atoms with E-state index in [1.54, 1.807) is 12.1 Å². The fraction of sp³-hybridized carbons (Fsp3) is 0.429. The number of hydrogen-bond acceptors (Lipinski definition) is 2. The van der Waals surface area contributed by atoms with Crippen LogP contribution in [-0.4, -0.2) is 25.8 Å². The van der Waals surface area contributed by atoms with Crippen molar-refractivity contribution in [3.05, 3.63) is 52.6 Å². The van der Waals surface area contributed by atoms with Crippen LogP contribution >= 0.6 is 0 Å². The molecule has 0 radical (unpaired) electrons. The molecule has 0 spiro atoms. The van der Waals surface area contributed by atoms with E-state index in [4.69, 9.17) is 0 Å². The van der Waals surface area contributed by atoms with E-state index in [-0.39, 0.29) is 6.54 Å². The molecule has 2 rings (SSSR count). The van der Waals surface area contributed by atoms with E-state index < -0.39 is 10.0 Å². The molecule has 0 fully saturated rings. The summed E-state index contributed by atoms with van der Waals surface area (Å²) < 4.78 is 27.7. The first kappa shape index (κ1) is 19.5.